The van der Waals surface area contributed by atoms with E-state index in [2.05, 4.69) is 26.0 Å². The fourth-order valence-electron chi connectivity index (χ4n) is 2.16. The Labute approximate surface area is 110 Å². The van der Waals surface area contributed by atoms with Gasteiger partial charge in [0.2, 0.25) is 0 Å². The largest absolute Gasteiger partial charge is 0.0811 e. The quantitative estimate of drug-likeness (QED) is 0.323. The molecule has 17 heavy (non-hydrogen) atoms. The third-order valence-corrected chi connectivity index (χ3v) is 3.30. The lowest BCUT2D eigenvalue weighted by Crippen LogP contribution is -1.81. The SMILES string of the molecule is CC/[C]=C/CCCCCCCCCCCCC. The lowest BCUT2D eigenvalue weighted by Gasteiger charge is -2.01. The average Bonchev–Trinajstić information content (AvgIpc) is 2.35. The van der Waals surface area contributed by atoms with Crippen molar-refractivity contribution in [3.05, 3.63) is 12.2 Å². The molecule has 0 aromatic heterocycles. The number of hydrogen-bond donors (Lipinski definition) is 0. The van der Waals surface area contributed by atoms with Crippen LogP contribution in [0.15, 0.2) is 6.08 Å². The number of unbranched alkanes of at least 4 members (excludes halogenated alkanes) is 11. The van der Waals surface area contributed by atoms with E-state index >= 15 is 0 Å². The number of hydrogen-bond acceptors (Lipinski definition) is 0. The second-order valence-corrected chi connectivity index (χ2v) is 5.09. The van der Waals surface area contributed by atoms with E-state index in [9.17, 15) is 0 Å². The Bertz CT molecular complexity index is 146. The number of rotatable bonds is 13. The van der Waals surface area contributed by atoms with Crippen molar-refractivity contribution < 1.29 is 0 Å². The lowest BCUT2D eigenvalue weighted by atomic mass is 10.1. The summed E-state index contributed by atoms with van der Waals surface area (Å²) in [6.07, 6.45) is 23.6. The molecule has 0 aliphatic carbocycles. The van der Waals surface area contributed by atoms with Crippen molar-refractivity contribution in [1.29, 1.82) is 0 Å². The van der Waals surface area contributed by atoms with Gasteiger partial charge in [-0.3, -0.25) is 0 Å². The first-order valence-electron chi connectivity index (χ1n) is 7.96. The van der Waals surface area contributed by atoms with Crippen molar-refractivity contribution in [3.63, 3.8) is 0 Å². The highest BCUT2D eigenvalue weighted by molar-refractivity contribution is 4.71. The van der Waals surface area contributed by atoms with Gasteiger partial charge in [-0.25, -0.2) is 0 Å². The molecule has 0 saturated heterocycles. The van der Waals surface area contributed by atoms with Crippen molar-refractivity contribution in [2.45, 2.75) is 97.3 Å². The second kappa shape index (κ2) is 15.7. The Morgan fingerprint density at radius 1 is 0.647 bits per heavy atom. The van der Waals surface area contributed by atoms with Crippen molar-refractivity contribution in [2.75, 3.05) is 0 Å². The Morgan fingerprint density at radius 3 is 1.59 bits per heavy atom. The molecule has 0 saturated carbocycles. The van der Waals surface area contributed by atoms with Crippen molar-refractivity contribution in [2.24, 2.45) is 0 Å². The van der Waals surface area contributed by atoms with Gasteiger partial charge in [0.15, 0.2) is 0 Å². The van der Waals surface area contributed by atoms with Gasteiger partial charge in [0.05, 0.1) is 0 Å². The minimum atomic E-state index is 1.07. The van der Waals surface area contributed by atoms with Crippen LogP contribution < -0.4 is 0 Å². The maximum Gasteiger partial charge on any atom is -0.0308 e. The van der Waals surface area contributed by atoms with Crippen LogP contribution in [0.1, 0.15) is 97.3 Å². The van der Waals surface area contributed by atoms with Gasteiger partial charge in [-0.2, -0.15) is 0 Å². The molecule has 0 bridgehead atoms. The molecule has 0 aliphatic heterocycles. The molecule has 0 heteroatoms. The van der Waals surface area contributed by atoms with Crippen LogP contribution in [0.3, 0.4) is 0 Å². The first-order chi connectivity index (χ1) is 8.41. The smallest absolute Gasteiger partial charge is 0.0308 e. The summed E-state index contributed by atoms with van der Waals surface area (Å²) in [6, 6.07) is 0. The summed E-state index contributed by atoms with van der Waals surface area (Å²) >= 11 is 0. The predicted octanol–water partition coefficient (Wildman–Crippen LogP) is 6.46. The highest BCUT2D eigenvalue weighted by atomic mass is 14.0. The van der Waals surface area contributed by atoms with E-state index in [4.69, 9.17) is 0 Å². The molecule has 0 nitrogen and oxygen atoms in total. The maximum absolute atomic E-state index is 3.26. The van der Waals surface area contributed by atoms with E-state index < -0.39 is 0 Å². The van der Waals surface area contributed by atoms with Crippen LogP contribution in [0.4, 0.5) is 0 Å². The van der Waals surface area contributed by atoms with Crippen LogP contribution >= 0.6 is 0 Å². The first-order valence-corrected chi connectivity index (χ1v) is 7.96. The molecular weight excluding hydrogens is 204 g/mol. The van der Waals surface area contributed by atoms with Gasteiger partial charge in [0, 0.05) is 0 Å². The molecule has 0 unspecified atom stereocenters. The van der Waals surface area contributed by atoms with Gasteiger partial charge in [-0.05, 0) is 25.3 Å². The summed E-state index contributed by atoms with van der Waals surface area (Å²) < 4.78 is 0. The van der Waals surface area contributed by atoms with Crippen LogP contribution in [0.2, 0.25) is 0 Å². The van der Waals surface area contributed by atoms with Gasteiger partial charge in [-0.1, -0.05) is 84.1 Å². The fourth-order valence-corrected chi connectivity index (χ4v) is 2.16. The molecule has 0 N–H and O–H groups in total. The highest BCUT2D eigenvalue weighted by Crippen LogP contribution is 2.11. The highest BCUT2D eigenvalue weighted by Gasteiger charge is 1.92. The zero-order valence-corrected chi connectivity index (χ0v) is 12.3. The van der Waals surface area contributed by atoms with Crippen LogP contribution in [-0.2, 0) is 0 Å². The molecule has 0 heterocycles. The summed E-state index contributed by atoms with van der Waals surface area (Å²) in [4.78, 5) is 0. The van der Waals surface area contributed by atoms with E-state index in [-0.39, 0.29) is 0 Å². The van der Waals surface area contributed by atoms with Crippen molar-refractivity contribution >= 4 is 0 Å². The summed E-state index contributed by atoms with van der Waals surface area (Å²) in [7, 11) is 0. The predicted molar refractivity (Wildman–Crippen MR) is 79.2 cm³/mol. The fraction of sp³-hybridized carbons (Fsp3) is 0.882. The van der Waals surface area contributed by atoms with E-state index in [1.54, 1.807) is 0 Å². The molecule has 0 aromatic carbocycles. The second-order valence-electron chi connectivity index (χ2n) is 5.09. The van der Waals surface area contributed by atoms with Crippen molar-refractivity contribution in [1.82, 2.24) is 0 Å². The number of allylic oxidation sites excluding steroid dienone is 2. The molecular formula is C17H33. The third-order valence-electron chi connectivity index (χ3n) is 3.30. The summed E-state index contributed by atoms with van der Waals surface area (Å²) in [5, 5.41) is 0. The Morgan fingerprint density at radius 2 is 1.12 bits per heavy atom. The molecule has 0 aromatic rings. The minimum Gasteiger partial charge on any atom is -0.0811 e. The normalized spacial score (nSPS) is 11.4. The zero-order chi connectivity index (χ0) is 12.6. The molecule has 1 radical (unpaired) electrons. The Balaban J connectivity index is 2.91. The minimum absolute atomic E-state index is 1.07. The molecule has 0 aliphatic rings. The van der Waals surface area contributed by atoms with Gasteiger partial charge in [0.25, 0.3) is 0 Å². The van der Waals surface area contributed by atoms with E-state index in [1.165, 1.54) is 77.0 Å². The topological polar surface area (TPSA) is 0 Å². The summed E-state index contributed by atoms with van der Waals surface area (Å²) in [6.45, 7) is 4.43. The molecule has 0 spiro atoms. The van der Waals surface area contributed by atoms with E-state index in [0.717, 1.165) is 6.42 Å². The Kier molecular flexibility index (Phi) is 15.5. The molecule has 0 fully saturated rings. The Hall–Kier alpha value is -0.260. The summed E-state index contributed by atoms with van der Waals surface area (Å²) in [5.41, 5.74) is 0. The van der Waals surface area contributed by atoms with Crippen molar-refractivity contribution in [3.8, 4) is 0 Å². The van der Waals surface area contributed by atoms with Crippen LogP contribution in [0, 0.1) is 6.08 Å². The monoisotopic (exact) mass is 237 g/mol. The standard InChI is InChI=1S/C17H33/c1-3-5-7-9-11-13-15-17-16-14-12-10-8-6-4-2/h8H,3-5,7,9-17H2,1-2H3. The van der Waals surface area contributed by atoms with Crippen LogP contribution in [0.25, 0.3) is 0 Å². The van der Waals surface area contributed by atoms with Crippen LogP contribution in [-0.4, -0.2) is 0 Å². The zero-order valence-electron chi connectivity index (χ0n) is 12.3. The summed E-state index contributed by atoms with van der Waals surface area (Å²) in [5.74, 6) is 0. The maximum atomic E-state index is 3.26. The van der Waals surface area contributed by atoms with Gasteiger partial charge >= 0.3 is 0 Å². The molecule has 0 rings (SSSR count). The first kappa shape index (κ1) is 16.7. The molecule has 101 valence electrons. The average molecular weight is 237 g/mol. The molecule has 0 amide bonds. The van der Waals surface area contributed by atoms with Crippen LogP contribution in [0.5, 0.6) is 0 Å². The van der Waals surface area contributed by atoms with Gasteiger partial charge in [0.1, 0.15) is 0 Å². The van der Waals surface area contributed by atoms with Gasteiger partial charge in [-0.15, -0.1) is 0 Å². The van der Waals surface area contributed by atoms with Gasteiger partial charge < -0.3 is 0 Å². The van der Waals surface area contributed by atoms with E-state index in [1.807, 2.05) is 0 Å². The van der Waals surface area contributed by atoms with E-state index in [0.29, 0.717) is 0 Å². The molecule has 0 atom stereocenters. The lowest BCUT2D eigenvalue weighted by molar-refractivity contribution is 0.550. The third kappa shape index (κ3) is 15.7.